The van der Waals surface area contributed by atoms with Crippen LogP contribution in [0.4, 0.5) is 8.78 Å². The third-order valence-electron chi connectivity index (χ3n) is 6.32. The number of aromatic nitrogens is 2. The van der Waals surface area contributed by atoms with Crippen molar-refractivity contribution in [2.24, 2.45) is 5.92 Å². The fourth-order valence-corrected chi connectivity index (χ4v) is 4.77. The topological polar surface area (TPSA) is 79.5 Å². The second-order valence-electron chi connectivity index (χ2n) is 8.36. The van der Waals surface area contributed by atoms with Crippen molar-refractivity contribution >= 4 is 11.8 Å². The van der Waals surface area contributed by atoms with Gasteiger partial charge in [-0.3, -0.25) is 9.59 Å². The first-order chi connectivity index (χ1) is 15.4. The van der Waals surface area contributed by atoms with E-state index in [9.17, 15) is 18.4 Å². The van der Waals surface area contributed by atoms with Crippen LogP contribution in [0.1, 0.15) is 32.4 Å². The van der Waals surface area contributed by atoms with Gasteiger partial charge in [0.25, 0.3) is 11.8 Å². The lowest BCUT2D eigenvalue weighted by atomic mass is 9.81. The van der Waals surface area contributed by atoms with Crippen molar-refractivity contribution in [3.63, 3.8) is 0 Å². The van der Waals surface area contributed by atoms with E-state index in [1.807, 2.05) is 6.07 Å². The molecule has 0 bridgehead atoms. The number of nitrogens with zero attached hydrogens (tertiary/aromatic N) is 4. The molecule has 0 radical (unpaired) electrons. The number of hydrogen-bond acceptors (Lipinski definition) is 5. The Morgan fingerprint density at radius 1 is 1.03 bits per heavy atom. The summed E-state index contributed by atoms with van der Waals surface area (Å²) in [5, 5.41) is 3.90. The summed E-state index contributed by atoms with van der Waals surface area (Å²) < 4.78 is 33.0. The molecule has 164 valence electrons. The van der Waals surface area contributed by atoms with E-state index < -0.39 is 23.0 Å². The van der Waals surface area contributed by atoms with Gasteiger partial charge in [-0.05, 0) is 31.2 Å². The molecule has 2 saturated heterocycles. The lowest BCUT2D eigenvalue weighted by Gasteiger charge is -2.26. The molecule has 0 aliphatic carbocycles. The van der Waals surface area contributed by atoms with E-state index in [2.05, 4.69) is 10.1 Å². The summed E-state index contributed by atoms with van der Waals surface area (Å²) in [6, 6.07) is 11.9. The zero-order valence-electron chi connectivity index (χ0n) is 17.3. The first kappa shape index (κ1) is 20.3. The molecule has 5 rings (SSSR count). The van der Waals surface area contributed by atoms with Gasteiger partial charge in [-0.1, -0.05) is 23.4 Å². The monoisotopic (exact) mass is 438 g/mol. The minimum atomic E-state index is -0.907. The molecule has 2 amide bonds. The van der Waals surface area contributed by atoms with Crippen LogP contribution in [0.3, 0.4) is 0 Å². The zero-order valence-corrected chi connectivity index (χ0v) is 17.3. The highest BCUT2D eigenvalue weighted by Crippen LogP contribution is 2.45. The third kappa shape index (κ3) is 3.24. The van der Waals surface area contributed by atoms with Crippen LogP contribution < -0.4 is 0 Å². The molecule has 0 spiro atoms. The Morgan fingerprint density at radius 2 is 1.72 bits per heavy atom. The van der Waals surface area contributed by atoms with E-state index in [4.69, 9.17) is 4.52 Å². The van der Waals surface area contributed by atoms with Crippen LogP contribution in [0.2, 0.25) is 0 Å². The highest BCUT2D eigenvalue weighted by molar-refractivity contribution is 5.96. The lowest BCUT2D eigenvalue weighted by Crippen LogP contribution is -2.41. The Bertz CT molecular complexity index is 1200. The van der Waals surface area contributed by atoms with Crippen LogP contribution in [-0.4, -0.2) is 57.9 Å². The highest BCUT2D eigenvalue weighted by Gasteiger charge is 2.59. The van der Waals surface area contributed by atoms with Gasteiger partial charge in [-0.15, -0.1) is 0 Å². The van der Waals surface area contributed by atoms with E-state index in [0.29, 0.717) is 36.4 Å². The minimum Gasteiger partial charge on any atom is -0.339 e. The molecule has 2 aliphatic heterocycles. The first-order valence-corrected chi connectivity index (χ1v) is 10.3. The molecule has 0 N–H and O–H groups in total. The van der Waals surface area contributed by atoms with Crippen molar-refractivity contribution in [2.75, 3.05) is 26.2 Å². The second kappa shape index (κ2) is 7.51. The van der Waals surface area contributed by atoms with Gasteiger partial charge in [0.1, 0.15) is 11.6 Å². The number of rotatable bonds is 3. The fraction of sp³-hybridized carbons (Fsp3) is 0.304. The van der Waals surface area contributed by atoms with Crippen molar-refractivity contribution in [3.8, 4) is 0 Å². The van der Waals surface area contributed by atoms with Crippen molar-refractivity contribution in [1.29, 1.82) is 0 Å². The molecular weight excluding hydrogens is 418 g/mol. The van der Waals surface area contributed by atoms with E-state index in [-0.39, 0.29) is 30.5 Å². The maximum Gasteiger partial charge on any atom is 0.256 e. The third-order valence-corrected chi connectivity index (χ3v) is 6.32. The average molecular weight is 438 g/mol. The number of likely N-dealkylation sites (tertiary alicyclic amines) is 2. The predicted molar refractivity (Wildman–Crippen MR) is 109 cm³/mol. The van der Waals surface area contributed by atoms with Gasteiger partial charge < -0.3 is 14.3 Å². The Hall–Kier alpha value is -3.62. The van der Waals surface area contributed by atoms with Crippen LogP contribution in [0.5, 0.6) is 0 Å². The van der Waals surface area contributed by atoms with Crippen molar-refractivity contribution < 1.29 is 22.9 Å². The Kier molecular flexibility index (Phi) is 4.76. The smallest absolute Gasteiger partial charge is 0.256 e. The number of hydrogen-bond donors (Lipinski definition) is 0. The zero-order chi connectivity index (χ0) is 22.5. The number of halogens is 2. The number of carbonyl (C=O) groups is 2. The van der Waals surface area contributed by atoms with Gasteiger partial charge in [0, 0.05) is 43.7 Å². The Morgan fingerprint density at radius 3 is 2.34 bits per heavy atom. The van der Waals surface area contributed by atoms with Gasteiger partial charge in [0.05, 0.1) is 11.0 Å². The molecule has 9 heteroatoms. The van der Waals surface area contributed by atoms with Gasteiger partial charge in [0.15, 0.2) is 5.82 Å². The van der Waals surface area contributed by atoms with Crippen LogP contribution in [0, 0.1) is 24.5 Å². The van der Waals surface area contributed by atoms with E-state index in [1.165, 1.54) is 4.90 Å². The van der Waals surface area contributed by atoms with E-state index in [1.54, 1.807) is 36.1 Å². The second-order valence-corrected chi connectivity index (χ2v) is 8.36. The molecule has 7 nitrogen and oxygen atoms in total. The summed E-state index contributed by atoms with van der Waals surface area (Å²) in [5.74, 6) is -1.65. The number of fused-ring (bicyclic) bond motifs is 1. The van der Waals surface area contributed by atoms with Crippen molar-refractivity contribution in [3.05, 3.63) is 83.0 Å². The van der Waals surface area contributed by atoms with Gasteiger partial charge in [0.2, 0.25) is 5.89 Å². The average Bonchev–Trinajstić information content (AvgIpc) is 3.46. The van der Waals surface area contributed by atoms with E-state index >= 15 is 0 Å². The molecule has 3 heterocycles. The summed E-state index contributed by atoms with van der Waals surface area (Å²) >= 11 is 0. The minimum absolute atomic E-state index is 0.113. The number of aryl methyl sites for hydroxylation is 1. The predicted octanol–water partition coefficient (Wildman–Crippen LogP) is 2.82. The van der Waals surface area contributed by atoms with Gasteiger partial charge >= 0.3 is 0 Å². The normalized spacial score (nSPS) is 22.3. The molecule has 1 aromatic heterocycles. The van der Waals surface area contributed by atoms with Crippen LogP contribution in [0.15, 0.2) is 53.1 Å². The summed E-state index contributed by atoms with van der Waals surface area (Å²) in [4.78, 5) is 33.8. The largest absolute Gasteiger partial charge is 0.339 e. The fourth-order valence-electron chi connectivity index (χ4n) is 4.77. The molecule has 2 aliphatic rings. The van der Waals surface area contributed by atoms with Crippen LogP contribution in [-0.2, 0) is 5.41 Å². The maximum absolute atomic E-state index is 14.2. The van der Waals surface area contributed by atoms with Crippen molar-refractivity contribution in [1.82, 2.24) is 19.9 Å². The molecule has 0 saturated carbocycles. The summed E-state index contributed by atoms with van der Waals surface area (Å²) in [6.45, 7) is 2.86. The number of benzene rings is 2. The molecule has 2 fully saturated rings. The summed E-state index contributed by atoms with van der Waals surface area (Å²) in [7, 11) is 0. The summed E-state index contributed by atoms with van der Waals surface area (Å²) in [5.41, 5.74) is -0.371. The molecule has 2 aromatic carbocycles. The van der Waals surface area contributed by atoms with E-state index in [0.717, 1.165) is 12.1 Å². The van der Waals surface area contributed by atoms with Crippen molar-refractivity contribution in [2.45, 2.75) is 12.3 Å². The molecular formula is C23H20F2N4O3. The Labute approximate surface area is 182 Å². The maximum atomic E-state index is 14.2. The molecule has 2 atom stereocenters. The number of amides is 2. The van der Waals surface area contributed by atoms with Crippen LogP contribution >= 0.6 is 0 Å². The SMILES string of the molecule is Cc1noc([C@@]23CN(C(=O)c4ccccc4)C[C@@H]2CN(C(=O)c2ccc(F)cc2F)C3)n1. The summed E-state index contributed by atoms with van der Waals surface area (Å²) in [6.07, 6.45) is 0. The van der Waals surface area contributed by atoms with Crippen LogP contribution in [0.25, 0.3) is 0 Å². The highest BCUT2D eigenvalue weighted by atomic mass is 19.1. The lowest BCUT2D eigenvalue weighted by molar-refractivity contribution is 0.0725. The Balaban J connectivity index is 1.45. The molecule has 32 heavy (non-hydrogen) atoms. The first-order valence-electron chi connectivity index (χ1n) is 10.3. The van der Waals surface area contributed by atoms with Gasteiger partial charge in [-0.2, -0.15) is 4.98 Å². The standard InChI is InChI=1S/C23H20F2N4O3/c1-14-26-22(32-27-14)23-12-28(20(30)15-5-3-2-4-6-15)10-16(23)11-29(13-23)21(31)18-8-7-17(24)9-19(18)25/h2-9,16H,10-13H2,1H3/t16-,23-/m1/s1. The van der Waals surface area contributed by atoms with Gasteiger partial charge in [-0.25, -0.2) is 8.78 Å². The molecule has 3 aromatic rings. The number of carbonyl (C=O) groups excluding carboxylic acids is 2. The quantitative estimate of drug-likeness (QED) is 0.628. The molecule has 0 unspecified atom stereocenters.